The number of ether oxygens (including phenoxy) is 2. The molecule has 0 fully saturated rings. The van der Waals surface area contributed by atoms with E-state index in [4.69, 9.17) is 14.9 Å². The highest BCUT2D eigenvalue weighted by atomic mass is 16.5. The lowest BCUT2D eigenvalue weighted by Gasteiger charge is -2.05. The first-order valence-electron chi connectivity index (χ1n) is 5.33. The van der Waals surface area contributed by atoms with E-state index >= 15 is 0 Å². The Kier molecular flexibility index (Phi) is 3.52. The van der Waals surface area contributed by atoms with Gasteiger partial charge < -0.3 is 19.6 Å². The number of furan rings is 1. The van der Waals surface area contributed by atoms with E-state index in [1.807, 2.05) is 0 Å². The number of carbonyl (C=O) groups is 1. The third kappa shape index (κ3) is 2.63. The number of anilines is 1. The summed E-state index contributed by atoms with van der Waals surface area (Å²) >= 11 is 0. The van der Waals surface area contributed by atoms with E-state index in [0.717, 1.165) is 0 Å². The van der Waals surface area contributed by atoms with Gasteiger partial charge in [0.1, 0.15) is 12.4 Å². The highest BCUT2D eigenvalue weighted by Gasteiger charge is 2.15. The maximum absolute atomic E-state index is 11.4. The molecule has 0 unspecified atom stereocenters. The van der Waals surface area contributed by atoms with Crippen molar-refractivity contribution in [2.24, 2.45) is 0 Å². The number of esters is 1. The number of carbonyl (C=O) groups excluding carboxylic acids is 1. The van der Waals surface area contributed by atoms with Gasteiger partial charge in [-0.05, 0) is 30.3 Å². The van der Waals surface area contributed by atoms with Crippen molar-refractivity contribution in [1.29, 1.82) is 0 Å². The van der Waals surface area contributed by atoms with Crippen molar-refractivity contribution in [3.8, 4) is 5.75 Å². The van der Waals surface area contributed by atoms with Crippen molar-refractivity contribution in [3.05, 3.63) is 47.9 Å². The summed E-state index contributed by atoms with van der Waals surface area (Å²) in [6.07, 6.45) is 1.42. The number of hydrogen-bond donors (Lipinski definition) is 1. The predicted octanol–water partition coefficient (Wildman–Crippen LogP) is 2.23. The number of nitrogens with two attached hydrogens (primary N) is 1. The monoisotopic (exact) mass is 247 g/mol. The van der Waals surface area contributed by atoms with Crippen LogP contribution in [0, 0.1) is 0 Å². The van der Waals surface area contributed by atoms with Crippen molar-refractivity contribution in [3.63, 3.8) is 0 Å². The molecule has 5 heteroatoms. The second-order valence-electron chi connectivity index (χ2n) is 3.62. The number of nitrogen functional groups attached to an aromatic ring is 1. The highest BCUT2D eigenvalue weighted by molar-refractivity contribution is 5.87. The lowest BCUT2D eigenvalue weighted by molar-refractivity contribution is 0.0561. The molecule has 0 aliphatic carbocycles. The molecule has 0 bridgehead atoms. The van der Waals surface area contributed by atoms with Crippen LogP contribution in [-0.4, -0.2) is 13.1 Å². The van der Waals surface area contributed by atoms with Crippen LogP contribution in [0.5, 0.6) is 5.75 Å². The third-order valence-corrected chi connectivity index (χ3v) is 2.39. The first-order valence-corrected chi connectivity index (χ1v) is 5.33. The van der Waals surface area contributed by atoms with Gasteiger partial charge >= 0.3 is 5.97 Å². The normalized spacial score (nSPS) is 10.1. The zero-order valence-corrected chi connectivity index (χ0v) is 9.88. The van der Waals surface area contributed by atoms with E-state index in [1.54, 1.807) is 30.3 Å². The lowest BCUT2D eigenvalue weighted by Crippen LogP contribution is -2.05. The van der Waals surface area contributed by atoms with Crippen LogP contribution in [0.15, 0.2) is 41.0 Å². The predicted molar refractivity (Wildman–Crippen MR) is 65.2 cm³/mol. The van der Waals surface area contributed by atoms with Crippen LogP contribution < -0.4 is 10.5 Å². The van der Waals surface area contributed by atoms with Gasteiger partial charge in [-0.2, -0.15) is 0 Å². The molecule has 0 aliphatic rings. The molecule has 0 atom stereocenters. The van der Waals surface area contributed by atoms with Crippen LogP contribution in [0.3, 0.4) is 0 Å². The average Bonchev–Trinajstić information content (AvgIpc) is 2.85. The van der Waals surface area contributed by atoms with Crippen molar-refractivity contribution in [1.82, 2.24) is 0 Å². The van der Waals surface area contributed by atoms with Gasteiger partial charge in [-0.3, -0.25) is 0 Å². The van der Waals surface area contributed by atoms with E-state index in [1.165, 1.54) is 13.4 Å². The molecular formula is C13H13NO4. The lowest BCUT2D eigenvalue weighted by atomic mass is 10.2. The Bertz CT molecular complexity index is 530. The first kappa shape index (κ1) is 12.0. The van der Waals surface area contributed by atoms with Crippen LogP contribution in [0.4, 0.5) is 5.69 Å². The average molecular weight is 247 g/mol. The number of methoxy groups -OCH3 is 1. The number of benzene rings is 1. The first-order chi connectivity index (χ1) is 8.70. The summed E-state index contributed by atoms with van der Waals surface area (Å²) in [6.45, 7) is 0.227. The minimum absolute atomic E-state index is 0.160. The second kappa shape index (κ2) is 5.27. The maximum atomic E-state index is 11.4. The largest absolute Gasteiger partial charge is 0.489 e. The van der Waals surface area contributed by atoms with Gasteiger partial charge in [0, 0.05) is 11.3 Å². The molecule has 0 amide bonds. The van der Waals surface area contributed by atoms with Crippen molar-refractivity contribution in [2.45, 2.75) is 6.61 Å². The number of hydrogen-bond acceptors (Lipinski definition) is 5. The van der Waals surface area contributed by atoms with Gasteiger partial charge in [-0.15, -0.1) is 0 Å². The molecule has 18 heavy (non-hydrogen) atoms. The van der Waals surface area contributed by atoms with Crippen LogP contribution in [0.2, 0.25) is 0 Å². The van der Waals surface area contributed by atoms with Gasteiger partial charge in [0.25, 0.3) is 0 Å². The van der Waals surface area contributed by atoms with Gasteiger partial charge in [-0.1, -0.05) is 0 Å². The Morgan fingerprint density at radius 1 is 1.28 bits per heavy atom. The molecule has 1 heterocycles. The summed E-state index contributed by atoms with van der Waals surface area (Å²) in [5.74, 6) is 0.310. The van der Waals surface area contributed by atoms with E-state index in [9.17, 15) is 4.79 Å². The number of rotatable bonds is 4. The van der Waals surface area contributed by atoms with Crippen LogP contribution >= 0.6 is 0 Å². The smallest absolute Gasteiger partial charge is 0.374 e. The third-order valence-electron chi connectivity index (χ3n) is 2.39. The quantitative estimate of drug-likeness (QED) is 0.662. The molecule has 0 saturated carbocycles. The van der Waals surface area contributed by atoms with Crippen molar-refractivity contribution >= 4 is 11.7 Å². The van der Waals surface area contributed by atoms with Crippen molar-refractivity contribution < 1.29 is 18.7 Å². The van der Waals surface area contributed by atoms with Gasteiger partial charge in [0.15, 0.2) is 0 Å². The maximum Gasteiger partial charge on any atom is 0.374 e. The molecular weight excluding hydrogens is 234 g/mol. The molecule has 0 saturated heterocycles. The Balaban J connectivity index is 2.04. The minimum atomic E-state index is -0.518. The summed E-state index contributed by atoms with van der Waals surface area (Å²) in [4.78, 5) is 11.4. The molecule has 5 nitrogen and oxygen atoms in total. The Hall–Kier alpha value is -2.43. The molecule has 0 spiro atoms. The topological polar surface area (TPSA) is 74.7 Å². The molecule has 0 radical (unpaired) electrons. The zero-order chi connectivity index (χ0) is 13.0. The molecule has 94 valence electrons. The van der Waals surface area contributed by atoms with Crippen LogP contribution in [0.1, 0.15) is 16.1 Å². The van der Waals surface area contributed by atoms with E-state index in [0.29, 0.717) is 17.0 Å². The minimum Gasteiger partial charge on any atom is -0.489 e. The molecule has 1 aromatic carbocycles. The fourth-order valence-electron chi connectivity index (χ4n) is 1.45. The summed E-state index contributed by atoms with van der Waals surface area (Å²) in [5.41, 5.74) is 6.87. The molecule has 0 aliphatic heterocycles. The summed E-state index contributed by atoms with van der Waals surface area (Å²) in [6, 6.07) is 8.67. The van der Waals surface area contributed by atoms with Crippen LogP contribution in [0.25, 0.3) is 0 Å². The van der Waals surface area contributed by atoms with E-state index in [2.05, 4.69) is 4.74 Å². The molecule has 2 aromatic rings. The summed E-state index contributed by atoms with van der Waals surface area (Å²) in [5, 5.41) is 0. The summed E-state index contributed by atoms with van der Waals surface area (Å²) < 4.78 is 15.2. The fourth-order valence-corrected chi connectivity index (χ4v) is 1.45. The Morgan fingerprint density at radius 3 is 2.67 bits per heavy atom. The van der Waals surface area contributed by atoms with E-state index < -0.39 is 5.97 Å². The second-order valence-corrected chi connectivity index (χ2v) is 3.62. The van der Waals surface area contributed by atoms with Gasteiger partial charge in [0.05, 0.1) is 13.4 Å². The van der Waals surface area contributed by atoms with E-state index in [-0.39, 0.29) is 12.4 Å². The molecule has 2 N–H and O–H groups in total. The summed E-state index contributed by atoms with van der Waals surface area (Å²) in [7, 11) is 1.30. The standard InChI is InChI=1S/C13H13NO4/c1-16-13(15)12-9(6-7-17-12)8-18-11-4-2-10(14)3-5-11/h2-7H,8,14H2,1H3. The van der Waals surface area contributed by atoms with Crippen LogP contribution in [-0.2, 0) is 11.3 Å². The Labute approximate surface area is 104 Å². The molecule has 2 rings (SSSR count). The van der Waals surface area contributed by atoms with Gasteiger partial charge in [0.2, 0.25) is 5.76 Å². The Morgan fingerprint density at radius 2 is 2.00 bits per heavy atom. The van der Waals surface area contributed by atoms with Crippen molar-refractivity contribution in [2.75, 3.05) is 12.8 Å². The highest BCUT2D eigenvalue weighted by Crippen LogP contribution is 2.17. The fraction of sp³-hybridized carbons (Fsp3) is 0.154. The SMILES string of the molecule is COC(=O)c1occc1COc1ccc(N)cc1. The zero-order valence-electron chi connectivity index (χ0n) is 9.88. The molecule has 1 aromatic heterocycles. The van der Waals surface area contributed by atoms with Gasteiger partial charge in [-0.25, -0.2) is 4.79 Å².